The highest BCUT2D eigenvalue weighted by Gasteiger charge is 2.21. The summed E-state index contributed by atoms with van der Waals surface area (Å²) in [6.07, 6.45) is 0. The molecule has 0 unspecified atom stereocenters. The highest BCUT2D eigenvalue weighted by atomic mass is 15.1. The predicted octanol–water partition coefficient (Wildman–Crippen LogP) is 14.6. The van der Waals surface area contributed by atoms with Crippen molar-refractivity contribution >= 4 is 27.8 Å². The maximum absolute atomic E-state index is 2.41. The zero-order valence-electron chi connectivity index (χ0n) is 29.3. The lowest BCUT2D eigenvalue weighted by Crippen LogP contribution is -2.11. The minimum Gasteiger partial charge on any atom is -0.310 e. The van der Waals surface area contributed by atoms with Crippen LogP contribution in [0.5, 0.6) is 0 Å². The minimum absolute atomic E-state index is 1.10. The van der Waals surface area contributed by atoms with Gasteiger partial charge in [-0.15, -0.1) is 0 Å². The lowest BCUT2D eigenvalue weighted by molar-refractivity contribution is 1.29. The van der Waals surface area contributed by atoms with Crippen molar-refractivity contribution in [2.75, 3.05) is 4.90 Å². The van der Waals surface area contributed by atoms with Crippen molar-refractivity contribution in [3.63, 3.8) is 0 Å². The Balaban J connectivity index is 1.27. The van der Waals surface area contributed by atoms with Gasteiger partial charge in [-0.3, -0.25) is 0 Å². The zero-order valence-corrected chi connectivity index (χ0v) is 29.3. The van der Waals surface area contributed by atoms with Crippen LogP contribution in [-0.4, -0.2) is 0 Å². The molecule has 0 bridgehead atoms. The third-order valence-corrected chi connectivity index (χ3v) is 10.1. The fourth-order valence-corrected chi connectivity index (χ4v) is 7.47. The molecule has 0 aliphatic heterocycles. The second-order valence-electron chi connectivity index (χ2n) is 13.3. The molecule has 0 fully saturated rings. The van der Waals surface area contributed by atoms with Gasteiger partial charge in [0, 0.05) is 16.9 Å². The molecule has 0 aliphatic rings. The van der Waals surface area contributed by atoms with Crippen LogP contribution in [0.3, 0.4) is 0 Å². The maximum Gasteiger partial charge on any atom is 0.0540 e. The third kappa shape index (κ3) is 6.42. The molecule has 9 aromatic carbocycles. The highest BCUT2D eigenvalue weighted by Crippen LogP contribution is 2.46. The first-order valence-electron chi connectivity index (χ1n) is 18.2. The molecule has 0 N–H and O–H groups in total. The molecular weight excluding hydrogens is 639 g/mol. The van der Waals surface area contributed by atoms with E-state index < -0.39 is 0 Å². The van der Waals surface area contributed by atoms with Crippen molar-refractivity contribution in [2.45, 2.75) is 0 Å². The maximum atomic E-state index is 2.41. The summed E-state index contributed by atoms with van der Waals surface area (Å²) in [4.78, 5) is 2.41. The number of fused-ring (bicyclic) bond motifs is 1. The first-order chi connectivity index (χ1) is 26.3. The Labute approximate surface area is 311 Å². The minimum atomic E-state index is 1.10. The summed E-state index contributed by atoms with van der Waals surface area (Å²) in [5.74, 6) is 0. The molecule has 9 rings (SSSR count). The van der Waals surface area contributed by atoms with Crippen molar-refractivity contribution in [3.05, 3.63) is 224 Å². The molecule has 0 spiro atoms. The van der Waals surface area contributed by atoms with Gasteiger partial charge in [0.25, 0.3) is 0 Å². The summed E-state index contributed by atoms with van der Waals surface area (Å²) >= 11 is 0. The molecule has 0 heterocycles. The van der Waals surface area contributed by atoms with Crippen LogP contribution in [0, 0.1) is 0 Å². The van der Waals surface area contributed by atoms with Gasteiger partial charge < -0.3 is 4.90 Å². The molecule has 0 atom stereocenters. The largest absolute Gasteiger partial charge is 0.310 e. The molecule has 0 aromatic heterocycles. The van der Waals surface area contributed by atoms with E-state index in [-0.39, 0.29) is 0 Å². The molecule has 0 amide bonds. The van der Waals surface area contributed by atoms with Crippen LogP contribution in [0.1, 0.15) is 0 Å². The van der Waals surface area contributed by atoms with E-state index in [1.807, 2.05) is 0 Å². The number of anilines is 3. The van der Waals surface area contributed by atoms with Gasteiger partial charge in [0.05, 0.1) is 5.69 Å². The van der Waals surface area contributed by atoms with E-state index in [2.05, 4.69) is 229 Å². The van der Waals surface area contributed by atoms with Crippen molar-refractivity contribution in [1.82, 2.24) is 0 Å². The lowest BCUT2D eigenvalue weighted by Gasteiger charge is -2.29. The molecule has 250 valence electrons. The van der Waals surface area contributed by atoms with Crippen molar-refractivity contribution in [1.29, 1.82) is 0 Å². The second-order valence-corrected chi connectivity index (χ2v) is 13.3. The summed E-state index contributed by atoms with van der Waals surface area (Å²) < 4.78 is 0. The van der Waals surface area contributed by atoms with Crippen LogP contribution >= 0.6 is 0 Å². The van der Waals surface area contributed by atoms with Crippen LogP contribution in [-0.2, 0) is 0 Å². The lowest BCUT2D eigenvalue weighted by atomic mass is 9.86. The molecule has 1 heteroatoms. The third-order valence-electron chi connectivity index (χ3n) is 10.1. The van der Waals surface area contributed by atoms with Gasteiger partial charge in [0.15, 0.2) is 0 Å². The average Bonchev–Trinajstić information content (AvgIpc) is 3.25. The standard InChI is InChI=1S/C52H37N/c1-4-16-38(17-5-1)41-28-32-45(33-29-41)53(46-34-30-40-20-10-11-23-43(40)36-46)52-27-15-14-26-50(52)49-35-31-44(39-18-6-2-7-19-39)37-51(49)48-25-13-12-24-47(48)42-21-8-3-9-22-42/h1-37H. The number of rotatable bonds is 8. The Morgan fingerprint density at radius 3 is 1.40 bits per heavy atom. The Bertz CT molecular complexity index is 2640. The molecule has 0 saturated carbocycles. The number of nitrogens with zero attached hydrogens (tertiary/aromatic N) is 1. The monoisotopic (exact) mass is 675 g/mol. The van der Waals surface area contributed by atoms with Gasteiger partial charge >= 0.3 is 0 Å². The number of benzene rings is 9. The van der Waals surface area contributed by atoms with Crippen LogP contribution in [0.4, 0.5) is 17.1 Å². The number of hydrogen-bond acceptors (Lipinski definition) is 1. The quantitative estimate of drug-likeness (QED) is 0.155. The van der Waals surface area contributed by atoms with Gasteiger partial charge in [-0.05, 0) is 97.2 Å². The molecule has 0 saturated heterocycles. The molecule has 0 aliphatic carbocycles. The predicted molar refractivity (Wildman–Crippen MR) is 226 cm³/mol. The van der Waals surface area contributed by atoms with E-state index in [0.29, 0.717) is 0 Å². The Morgan fingerprint density at radius 2 is 0.698 bits per heavy atom. The molecular formula is C52H37N. The van der Waals surface area contributed by atoms with Crippen LogP contribution in [0.25, 0.3) is 66.4 Å². The van der Waals surface area contributed by atoms with Crippen molar-refractivity contribution in [2.24, 2.45) is 0 Å². The Morgan fingerprint density at radius 1 is 0.226 bits per heavy atom. The van der Waals surface area contributed by atoms with Crippen molar-refractivity contribution in [3.8, 4) is 55.6 Å². The summed E-state index contributed by atoms with van der Waals surface area (Å²) in [5.41, 5.74) is 15.2. The van der Waals surface area contributed by atoms with Crippen LogP contribution in [0.15, 0.2) is 224 Å². The van der Waals surface area contributed by atoms with E-state index in [1.54, 1.807) is 0 Å². The molecule has 1 nitrogen and oxygen atoms in total. The van der Waals surface area contributed by atoms with E-state index in [9.17, 15) is 0 Å². The summed E-state index contributed by atoms with van der Waals surface area (Å²) in [7, 11) is 0. The highest BCUT2D eigenvalue weighted by molar-refractivity contribution is 5.99. The summed E-state index contributed by atoms with van der Waals surface area (Å²) in [6, 6.07) is 80.9. The van der Waals surface area contributed by atoms with E-state index in [1.165, 1.54) is 60.8 Å². The summed E-state index contributed by atoms with van der Waals surface area (Å²) in [6.45, 7) is 0. The van der Waals surface area contributed by atoms with Crippen LogP contribution < -0.4 is 4.90 Å². The van der Waals surface area contributed by atoms with E-state index in [4.69, 9.17) is 0 Å². The number of hydrogen-bond donors (Lipinski definition) is 0. The van der Waals surface area contributed by atoms with Gasteiger partial charge in [-0.2, -0.15) is 0 Å². The average molecular weight is 676 g/mol. The fourth-order valence-electron chi connectivity index (χ4n) is 7.47. The molecule has 0 radical (unpaired) electrons. The molecule has 9 aromatic rings. The van der Waals surface area contributed by atoms with Crippen LogP contribution in [0.2, 0.25) is 0 Å². The summed E-state index contributed by atoms with van der Waals surface area (Å²) in [5, 5.41) is 2.43. The number of para-hydroxylation sites is 1. The van der Waals surface area contributed by atoms with Crippen molar-refractivity contribution < 1.29 is 0 Å². The first kappa shape index (κ1) is 32.0. The topological polar surface area (TPSA) is 3.24 Å². The Kier molecular flexibility index (Phi) is 8.66. The SMILES string of the molecule is c1ccc(-c2ccc(N(c3ccc4ccccc4c3)c3ccccc3-c3ccc(-c4ccccc4)cc3-c3ccccc3-c3ccccc3)cc2)cc1. The van der Waals surface area contributed by atoms with E-state index in [0.717, 1.165) is 22.6 Å². The second kappa shape index (κ2) is 14.3. The normalized spacial score (nSPS) is 11.0. The van der Waals surface area contributed by atoms with Gasteiger partial charge in [-0.1, -0.05) is 188 Å². The van der Waals surface area contributed by atoms with Gasteiger partial charge in [0.2, 0.25) is 0 Å². The Hall–Kier alpha value is -6.96. The van der Waals surface area contributed by atoms with Gasteiger partial charge in [-0.25, -0.2) is 0 Å². The zero-order chi connectivity index (χ0) is 35.4. The van der Waals surface area contributed by atoms with Gasteiger partial charge in [0.1, 0.15) is 0 Å². The first-order valence-corrected chi connectivity index (χ1v) is 18.2. The van der Waals surface area contributed by atoms with E-state index >= 15 is 0 Å². The fraction of sp³-hybridized carbons (Fsp3) is 0. The smallest absolute Gasteiger partial charge is 0.0540 e. The molecule has 53 heavy (non-hydrogen) atoms.